The molecule has 1 aromatic heterocycles. The van der Waals surface area contributed by atoms with Crippen LogP contribution in [0.4, 0.5) is 0 Å². The number of carbonyl (C=O) groups excluding carboxylic acids is 1. The van der Waals surface area contributed by atoms with Gasteiger partial charge in [-0.25, -0.2) is 0 Å². The highest BCUT2D eigenvalue weighted by Gasteiger charge is 1.98. The fourth-order valence-electron chi connectivity index (χ4n) is 3.06. The molecule has 3 heteroatoms. The quantitative estimate of drug-likeness (QED) is 0.331. The second kappa shape index (κ2) is 11.2. The molecule has 2 aromatic rings. The van der Waals surface area contributed by atoms with Crippen molar-refractivity contribution in [2.45, 2.75) is 58.3 Å². The van der Waals surface area contributed by atoms with Crippen LogP contribution in [-0.4, -0.2) is 10.9 Å². The van der Waals surface area contributed by atoms with Gasteiger partial charge in [0.15, 0.2) is 0 Å². The molecule has 0 aliphatic carbocycles. The summed E-state index contributed by atoms with van der Waals surface area (Å²) in [4.78, 5) is 15.5. The van der Waals surface area contributed by atoms with E-state index < -0.39 is 0 Å². The van der Waals surface area contributed by atoms with Gasteiger partial charge in [-0.3, -0.25) is 9.78 Å². The summed E-state index contributed by atoms with van der Waals surface area (Å²) in [7, 11) is 0. The van der Waals surface area contributed by atoms with Crippen molar-refractivity contribution in [3.05, 3.63) is 65.9 Å². The fraction of sp³-hybridized carbons (Fsp3) is 0.391. The van der Waals surface area contributed by atoms with Crippen LogP contribution in [-0.2, 0) is 11.2 Å². The minimum atomic E-state index is -0.383. The molecule has 0 radical (unpaired) electrons. The van der Waals surface area contributed by atoms with Crippen LogP contribution < -0.4 is 5.73 Å². The summed E-state index contributed by atoms with van der Waals surface area (Å²) in [6.07, 6.45) is 15.2. The highest BCUT2D eigenvalue weighted by Crippen LogP contribution is 2.14. The Morgan fingerprint density at radius 2 is 1.73 bits per heavy atom. The molecule has 0 unspecified atom stereocenters. The van der Waals surface area contributed by atoms with Gasteiger partial charge in [-0.15, -0.1) is 0 Å². The average Bonchev–Trinajstić information content (AvgIpc) is 2.62. The predicted octanol–water partition coefficient (Wildman–Crippen LogP) is 5.50. The van der Waals surface area contributed by atoms with E-state index in [2.05, 4.69) is 36.4 Å². The standard InChI is InChI=1S/C23H30N2O/c1-19(18-23(24)26)12-8-6-4-2-3-5-7-9-14-21-17-16-20-13-10-11-15-22(20)25-21/h8,10-13,15-18H,2-7,9,14H2,1H3,(H2,24,26). The maximum Gasteiger partial charge on any atom is 0.241 e. The summed E-state index contributed by atoms with van der Waals surface area (Å²) in [5.74, 6) is -0.383. The summed E-state index contributed by atoms with van der Waals surface area (Å²) < 4.78 is 0. The van der Waals surface area contributed by atoms with Crippen LogP contribution >= 0.6 is 0 Å². The van der Waals surface area contributed by atoms with Gasteiger partial charge in [0.1, 0.15) is 0 Å². The third-order valence-corrected chi connectivity index (χ3v) is 4.46. The number of nitrogens with two attached hydrogens (primary N) is 1. The van der Waals surface area contributed by atoms with Gasteiger partial charge >= 0.3 is 0 Å². The second-order valence-corrected chi connectivity index (χ2v) is 6.85. The number of unbranched alkanes of at least 4 members (excludes halogenated alkanes) is 6. The third-order valence-electron chi connectivity index (χ3n) is 4.46. The number of hydrogen-bond acceptors (Lipinski definition) is 2. The number of carbonyl (C=O) groups is 1. The molecular weight excluding hydrogens is 320 g/mol. The molecule has 26 heavy (non-hydrogen) atoms. The van der Waals surface area contributed by atoms with Crippen molar-refractivity contribution in [3.8, 4) is 0 Å². The van der Waals surface area contributed by atoms with Gasteiger partial charge in [-0.05, 0) is 50.3 Å². The van der Waals surface area contributed by atoms with E-state index in [4.69, 9.17) is 10.7 Å². The van der Waals surface area contributed by atoms with Crippen molar-refractivity contribution in [2.75, 3.05) is 0 Å². The Labute approximate surface area is 157 Å². The Hall–Kier alpha value is -2.42. The Kier molecular flexibility index (Phi) is 8.61. The highest BCUT2D eigenvalue weighted by atomic mass is 16.1. The van der Waals surface area contributed by atoms with E-state index in [1.807, 2.05) is 19.1 Å². The maximum absolute atomic E-state index is 10.7. The molecule has 0 aliphatic heterocycles. The maximum atomic E-state index is 10.7. The van der Waals surface area contributed by atoms with Crippen LogP contribution in [0.1, 0.15) is 57.6 Å². The Bertz CT molecular complexity index is 762. The number of benzene rings is 1. The van der Waals surface area contributed by atoms with E-state index in [0.717, 1.165) is 23.9 Å². The van der Waals surface area contributed by atoms with Crippen molar-refractivity contribution in [2.24, 2.45) is 5.73 Å². The van der Waals surface area contributed by atoms with E-state index in [1.54, 1.807) is 0 Å². The predicted molar refractivity (Wildman–Crippen MR) is 110 cm³/mol. The number of fused-ring (bicyclic) bond motifs is 1. The summed E-state index contributed by atoms with van der Waals surface area (Å²) in [5.41, 5.74) is 8.33. The lowest BCUT2D eigenvalue weighted by Gasteiger charge is -2.03. The number of aromatic nitrogens is 1. The number of pyridine rings is 1. The summed E-state index contributed by atoms with van der Waals surface area (Å²) in [6.45, 7) is 1.89. The molecule has 0 atom stereocenters. The first-order valence-electron chi connectivity index (χ1n) is 9.64. The van der Waals surface area contributed by atoms with Crippen molar-refractivity contribution < 1.29 is 4.79 Å². The molecule has 2 rings (SSSR count). The topological polar surface area (TPSA) is 56.0 Å². The number of hydrogen-bond donors (Lipinski definition) is 1. The number of allylic oxidation sites excluding steroid dienone is 3. The van der Waals surface area contributed by atoms with E-state index in [0.29, 0.717) is 0 Å². The van der Waals surface area contributed by atoms with Gasteiger partial charge in [0.05, 0.1) is 5.52 Å². The van der Waals surface area contributed by atoms with Crippen molar-refractivity contribution >= 4 is 16.8 Å². The lowest BCUT2D eigenvalue weighted by molar-refractivity contribution is -0.113. The molecule has 0 saturated heterocycles. The van der Waals surface area contributed by atoms with Gasteiger partial charge in [0.25, 0.3) is 0 Å². The number of rotatable bonds is 11. The molecule has 1 heterocycles. The molecule has 0 aliphatic rings. The van der Waals surface area contributed by atoms with Crippen molar-refractivity contribution in [3.63, 3.8) is 0 Å². The van der Waals surface area contributed by atoms with Gasteiger partial charge in [-0.1, -0.05) is 62.1 Å². The van der Waals surface area contributed by atoms with Crippen molar-refractivity contribution in [1.29, 1.82) is 0 Å². The lowest BCUT2D eigenvalue weighted by atomic mass is 10.1. The second-order valence-electron chi connectivity index (χ2n) is 6.85. The molecule has 0 bridgehead atoms. The van der Waals surface area contributed by atoms with Crippen LogP contribution in [0, 0.1) is 0 Å². The van der Waals surface area contributed by atoms with Crippen LogP contribution in [0.2, 0.25) is 0 Å². The van der Waals surface area contributed by atoms with Crippen LogP contribution in [0.25, 0.3) is 10.9 Å². The van der Waals surface area contributed by atoms with Gasteiger partial charge in [0.2, 0.25) is 5.91 Å². The molecule has 1 amide bonds. The van der Waals surface area contributed by atoms with Gasteiger partial charge in [-0.2, -0.15) is 0 Å². The first-order chi connectivity index (χ1) is 12.6. The Morgan fingerprint density at radius 1 is 1.00 bits per heavy atom. The lowest BCUT2D eigenvalue weighted by Crippen LogP contribution is -2.06. The molecule has 138 valence electrons. The van der Waals surface area contributed by atoms with Gasteiger partial charge in [0, 0.05) is 17.2 Å². The van der Waals surface area contributed by atoms with Crippen molar-refractivity contribution in [1.82, 2.24) is 4.98 Å². The smallest absolute Gasteiger partial charge is 0.241 e. The summed E-state index contributed by atoms with van der Waals surface area (Å²) in [6, 6.07) is 12.6. The molecule has 0 spiro atoms. The zero-order valence-corrected chi connectivity index (χ0v) is 15.8. The summed E-state index contributed by atoms with van der Waals surface area (Å²) >= 11 is 0. The minimum Gasteiger partial charge on any atom is -0.366 e. The zero-order valence-electron chi connectivity index (χ0n) is 15.8. The van der Waals surface area contributed by atoms with E-state index in [1.165, 1.54) is 55.7 Å². The molecule has 0 fully saturated rings. The molecule has 0 saturated carbocycles. The molecule has 2 N–H and O–H groups in total. The Morgan fingerprint density at radius 3 is 2.54 bits per heavy atom. The first kappa shape index (κ1) is 19.9. The monoisotopic (exact) mass is 350 g/mol. The normalized spacial score (nSPS) is 12.1. The fourth-order valence-corrected chi connectivity index (χ4v) is 3.06. The number of para-hydroxylation sites is 1. The number of nitrogens with zero attached hydrogens (tertiary/aromatic N) is 1. The van der Waals surface area contributed by atoms with Crippen LogP contribution in [0.5, 0.6) is 0 Å². The van der Waals surface area contributed by atoms with E-state index in [9.17, 15) is 4.79 Å². The van der Waals surface area contributed by atoms with Crippen LogP contribution in [0.3, 0.4) is 0 Å². The van der Waals surface area contributed by atoms with E-state index in [-0.39, 0.29) is 5.91 Å². The molecule has 1 aromatic carbocycles. The zero-order chi connectivity index (χ0) is 18.6. The highest BCUT2D eigenvalue weighted by molar-refractivity contribution is 5.86. The van der Waals surface area contributed by atoms with Crippen LogP contribution in [0.15, 0.2) is 60.2 Å². The third kappa shape index (κ3) is 7.64. The number of aryl methyl sites for hydroxylation is 1. The largest absolute Gasteiger partial charge is 0.366 e. The SMILES string of the molecule is CC(C=CCCCCCCCCc1ccc2ccccc2n1)=CC(N)=O. The first-order valence-corrected chi connectivity index (χ1v) is 9.64. The number of amides is 1. The average molecular weight is 351 g/mol. The Balaban J connectivity index is 1.52. The minimum absolute atomic E-state index is 0.383. The van der Waals surface area contributed by atoms with Gasteiger partial charge < -0.3 is 5.73 Å². The number of primary amides is 1. The summed E-state index contributed by atoms with van der Waals surface area (Å²) in [5, 5.41) is 1.21. The molecular formula is C23H30N2O. The molecule has 3 nitrogen and oxygen atoms in total. The van der Waals surface area contributed by atoms with E-state index >= 15 is 0 Å².